The van der Waals surface area contributed by atoms with E-state index in [1.165, 1.54) is 0 Å². The summed E-state index contributed by atoms with van der Waals surface area (Å²) in [6.07, 6.45) is 0.842. The van der Waals surface area contributed by atoms with Gasteiger partial charge < -0.3 is 15.7 Å². The third-order valence-corrected chi connectivity index (χ3v) is 2.76. The second kappa shape index (κ2) is 6.01. The molecular formula is C14H16N4O2. The lowest BCUT2D eigenvalue weighted by Crippen LogP contribution is -2.16. The molecule has 0 fully saturated rings. The zero-order valence-corrected chi connectivity index (χ0v) is 11.4. The maximum absolute atomic E-state index is 8.70. The molecule has 0 saturated carbocycles. The molecule has 0 unspecified atom stereocenters. The maximum Gasteiger partial charge on any atom is 0.322 e. The van der Waals surface area contributed by atoms with Crippen LogP contribution in [-0.2, 0) is 6.42 Å². The smallest absolute Gasteiger partial charge is 0.322 e. The van der Waals surface area contributed by atoms with Gasteiger partial charge in [-0.25, -0.2) is 4.98 Å². The molecular weight excluding hydrogens is 256 g/mol. The number of aryl methyl sites for hydroxylation is 2. The van der Waals surface area contributed by atoms with Crippen molar-refractivity contribution in [2.45, 2.75) is 20.3 Å². The van der Waals surface area contributed by atoms with Gasteiger partial charge in [-0.3, -0.25) is 0 Å². The number of hydrogen-bond acceptors (Lipinski definition) is 5. The summed E-state index contributed by atoms with van der Waals surface area (Å²) < 4.78 is 5.70. The molecule has 0 bridgehead atoms. The highest BCUT2D eigenvalue weighted by molar-refractivity contribution is 5.95. The van der Waals surface area contributed by atoms with Gasteiger partial charge in [-0.15, -0.1) is 0 Å². The van der Waals surface area contributed by atoms with E-state index in [9.17, 15) is 0 Å². The summed E-state index contributed by atoms with van der Waals surface area (Å²) in [4.78, 5) is 8.32. The zero-order chi connectivity index (χ0) is 14.5. The third-order valence-electron chi connectivity index (χ3n) is 2.76. The molecule has 0 aliphatic rings. The number of benzene rings is 1. The molecule has 6 heteroatoms. The molecule has 0 aliphatic carbocycles. The van der Waals surface area contributed by atoms with Crippen LogP contribution in [0.3, 0.4) is 0 Å². The van der Waals surface area contributed by atoms with E-state index in [1.54, 1.807) is 13.0 Å². The summed E-state index contributed by atoms with van der Waals surface area (Å²) in [5.74, 6) is 0.621. The molecule has 1 heterocycles. The van der Waals surface area contributed by atoms with Crippen LogP contribution in [-0.4, -0.2) is 21.0 Å². The van der Waals surface area contributed by atoms with Gasteiger partial charge in [0.05, 0.1) is 0 Å². The van der Waals surface area contributed by atoms with E-state index in [4.69, 9.17) is 15.7 Å². The van der Waals surface area contributed by atoms with E-state index in [0.29, 0.717) is 17.1 Å². The summed E-state index contributed by atoms with van der Waals surface area (Å²) in [6.45, 7) is 3.83. The Morgan fingerprint density at radius 1 is 1.35 bits per heavy atom. The molecule has 2 rings (SSSR count). The van der Waals surface area contributed by atoms with Crippen molar-refractivity contribution in [1.82, 2.24) is 9.97 Å². The first-order valence-corrected chi connectivity index (χ1v) is 6.23. The van der Waals surface area contributed by atoms with E-state index >= 15 is 0 Å². The van der Waals surface area contributed by atoms with Crippen LogP contribution >= 0.6 is 0 Å². The van der Waals surface area contributed by atoms with Crippen molar-refractivity contribution < 1.29 is 9.94 Å². The summed E-state index contributed by atoms with van der Waals surface area (Å²) in [7, 11) is 0. The molecule has 1 aromatic carbocycles. The van der Waals surface area contributed by atoms with Crippen LogP contribution in [0.2, 0.25) is 0 Å². The van der Waals surface area contributed by atoms with Crippen LogP contribution in [0.5, 0.6) is 11.8 Å². The van der Waals surface area contributed by atoms with Crippen LogP contribution in [0.15, 0.2) is 35.5 Å². The quantitative estimate of drug-likeness (QED) is 0.385. The molecule has 20 heavy (non-hydrogen) atoms. The molecule has 0 amide bonds. The highest BCUT2D eigenvalue weighted by atomic mass is 16.5. The number of rotatable bonds is 4. The van der Waals surface area contributed by atoms with Crippen molar-refractivity contribution in [1.29, 1.82) is 0 Å². The molecule has 6 nitrogen and oxygen atoms in total. The Morgan fingerprint density at radius 2 is 2.10 bits per heavy atom. The predicted octanol–water partition coefficient (Wildman–Crippen LogP) is 2.23. The average Bonchev–Trinajstić information content (AvgIpc) is 2.46. The van der Waals surface area contributed by atoms with Crippen LogP contribution < -0.4 is 10.5 Å². The first-order chi connectivity index (χ1) is 9.63. The average molecular weight is 272 g/mol. The normalized spacial score (nSPS) is 11.4. The van der Waals surface area contributed by atoms with E-state index in [2.05, 4.69) is 15.1 Å². The molecule has 0 saturated heterocycles. The van der Waals surface area contributed by atoms with Gasteiger partial charge in [0.25, 0.3) is 0 Å². The zero-order valence-electron chi connectivity index (χ0n) is 11.4. The summed E-state index contributed by atoms with van der Waals surface area (Å²) >= 11 is 0. The lowest BCUT2D eigenvalue weighted by atomic mass is 10.1. The van der Waals surface area contributed by atoms with Gasteiger partial charge in [0.1, 0.15) is 11.4 Å². The Hall–Kier alpha value is -2.63. The van der Waals surface area contributed by atoms with Crippen LogP contribution in [0.1, 0.15) is 23.9 Å². The van der Waals surface area contributed by atoms with E-state index in [-0.39, 0.29) is 11.8 Å². The van der Waals surface area contributed by atoms with Crippen LogP contribution in [0.4, 0.5) is 0 Å². The first-order valence-electron chi connectivity index (χ1n) is 6.23. The van der Waals surface area contributed by atoms with Crippen LogP contribution in [0.25, 0.3) is 0 Å². The molecule has 3 N–H and O–H groups in total. The van der Waals surface area contributed by atoms with E-state index in [0.717, 1.165) is 12.0 Å². The fraction of sp³-hybridized carbons (Fsp3) is 0.214. The number of oxime groups is 1. The lowest BCUT2D eigenvalue weighted by molar-refractivity contribution is 0.318. The van der Waals surface area contributed by atoms with Gasteiger partial charge in [0.2, 0.25) is 0 Å². The highest BCUT2D eigenvalue weighted by Crippen LogP contribution is 2.23. The van der Waals surface area contributed by atoms with Crippen molar-refractivity contribution in [2.75, 3.05) is 0 Å². The number of ether oxygens (including phenoxy) is 1. The predicted molar refractivity (Wildman–Crippen MR) is 75.2 cm³/mol. The number of hydrogen-bond donors (Lipinski definition) is 2. The fourth-order valence-electron chi connectivity index (χ4n) is 1.76. The van der Waals surface area contributed by atoms with Gasteiger partial charge in [0, 0.05) is 5.69 Å². The Kier molecular flexibility index (Phi) is 4.14. The standard InChI is InChI=1S/C14H16N4O2/c1-3-10-6-4-5-7-12(10)20-14-16-9(2)8-11(17-14)13(15)18-19/h4-8,19H,3H2,1-2H3,(H2,15,18). The second-order valence-electron chi connectivity index (χ2n) is 4.23. The first kappa shape index (κ1) is 13.8. The van der Waals surface area contributed by atoms with Crippen LogP contribution in [0, 0.1) is 6.92 Å². The molecule has 0 atom stereocenters. The Balaban J connectivity index is 2.36. The SMILES string of the molecule is CCc1ccccc1Oc1nc(C)cc(/C(N)=N/O)n1. The van der Waals surface area contributed by atoms with Gasteiger partial charge >= 0.3 is 6.01 Å². The summed E-state index contributed by atoms with van der Waals surface area (Å²) in [6, 6.07) is 9.46. The van der Waals surface area contributed by atoms with Crippen molar-refractivity contribution in [3.8, 4) is 11.8 Å². The number of aromatic nitrogens is 2. The number of nitrogens with zero attached hydrogens (tertiary/aromatic N) is 3. The van der Waals surface area contributed by atoms with Gasteiger partial charge in [-0.05, 0) is 31.0 Å². The fourth-order valence-corrected chi connectivity index (χ4v) is 1.76. The molecule has 104 valence electrons. The number of para-hydroxylation sites is 1. The topological polar surface area (TPSA) is 93.6 Å². The molecule has 1 aromatic heterocycles. The van der Waals surface area contributed by atoms with Gasteiger partial charge in [-0.2, -0.15) is 4.98 Å². The molecule has 0 radical (unpaired) electrons. The largest absolute Gasteiger partial charge is 0.424 e. The molecule has 0 aliphatic heterocycles. The van der Waals surface area contributed by atoms with Gasteiger partial charge in [-0.1, -0.05) is 30.3 Å². The second-order valence-corrected chi connectivity index (χ2v) is 4.23. The minimum atomic E-state index is -0.0795. The molecule has 0 spiro atoms. The van der Waals surface area contributed by atoms with Gasteiger partial charge in [0.15, 0.2) is 5.84 Å². The van der Waals surface area contributed by atoms with Crippen molar-refractivity contribution >= 4 is 5.84 Å². The van der Waals surface area contributed by atoms with E-state index in [1.807, 2.05) is 31.2 Å². The maximum atomic E-state index is 8.70. The Labute approximate surface area is 116 Å². The highest BCUT2D eigenvalue weighted by Gasteiger charge is 2.09. The minimum absolute atomic E-state index is 0.0795. The Bertz CT molecular complexity index is 641. The van der Waals surface area contributed by atoms with Crippen molar-refractivity contribution in [3.63, 3.8) is 0 Å². The summed E-state index contributed by atoms with van der Waals surface area (Å²) in [5, 5.41) is 11.6. The minimum Gasteiger partial charge on any atom is -0.424 e. The van der Waals surface area contributed by atoms with Crippen molar-refractivity contribution in [3.05, 3.63) is 47.3 Å². The number of nitrogens with two attached hydrogens (primary N) is 1. The molecule has 2 aromatic rings. The van der Waals surface area contributed by atoms with Crippen molar-refractivity contribution in [2.24, 2.45) is 10.9 Å². The number of amidine groups is 1. The monoisotopic (exact) mass is 272 g/mol. The lowest BCUT2D eigenvalue weighted by Gasteiger charge is -2.09. The third kappa shape index (κ3) is 3.03. The van der Waals surface area contributed by atoms with E-state index < -0.39 is 0 Å². The Morgan fingerprint density at radius 3 is 2.80 bits per heavy atom. The summed E-state index contributed by atoms with van der Waals surface area (Å²) in [5.41, 5.74) is 7.59.